The van der Waals surface area contributed by atoms with Gasteiger partial charge in [0.1, 0.15) is 7.85 Å². The number of benzene rings is 2. The fourth-order valence-electron chi connectivity index (χ4n) is 3.53. The van der Waals surface area contributed by atoms with Crippen LogP contribution >= 0.6 is 15.9 Å². The summed E-state index contributed by atoms with van der Waals surface area (Å²) >= 11 is 3.67. The normalized spacial score (nSPS) is 14.2. The molecule has 4 rings (SSSR count). The Balaban J connectivity index is 2.11. The van der Waals surface area contributed by atoms with E-state index in [1.807, 2.05) is 18.3 Å². The molecule has 0 bridgehead atoms. The van der Waals surface area contributed by atoms with E-state index >= 15 is 0 Å². The average Bonchev–Trinajstić information content (AvgIpc) is 2.54. The van der Waals surface area contributed by atoms with Gasteiger partial charge in [-0.2, -0.15) is 0 Å². The van der Waals surface area contributed by atoms with Gasteiger partial charge in [-0.15, -0.1) is 0 Å². The molecule has 1 heterocycles. The molecule has 0 atom stereocenters. The largest absolute Gasteiger partial charge is 0.252 e. The highest BCUT2D eigenvalue weighted by molar-refractivity contribution is 9.11. The van der Waals surface area contributed by atoms with Crippen molar-refractivity contribution in [2.75, 3.05) is 0 Å². The second-order valence-corrected chi connectivity index (χ2v) is 7.96. The number of hydrogen-bond donors (Lipinski definition) is 0. The van der Waals surface area contributed by atoms with Crippen LogP contribution in [-0.2, 0) is 12.8 Å². The molecule has 24 heavy (non-hydrogen) atoms. The van der Waals surface area contributed by atoms with Gasteiger partial charge in [-0.1, -0.05) is 53.4 Å². The van der Waals surface area contributed by atoms with Crippen LogP contribution in [0.3, 0.4) is 0 Å². The second-order valence-electron chi connectivity index (χ2n) is 6.94. The molecule has 0 spiro atoms. The molecule has 0 saturated heterocycles. The Morgan fingerprint density at radius 1 is 1.17 bits per heavy atom. The van der Waals surface area contributed by atoms with E-state index in [1.165, 1.54) is 21.0 Å². The number of fused-ring (bicyclic) bond motifs is 6. The van der Waals surface area contributed by atoms with E-state index in [-0.39, 0.29) is 0 Å². The standard InChI is InChI=1S/C20H18BBrN2/c1-11(2)7-14-10-23-19-17-8-12(21)3-5-15(17)16-6-4-13(22)9-18(16)20(19)24-14/h3,5,8-11H,4,6-7H2,1-2H3. The maximum absolute atomic E-state index is 6.04. The lowest BCUT2D eigenvalue weighted by Crippen LogP contribution is -2.07. The first-order chi connectivity index (χ1) is 11.5. The first kappa shape index (κ1) is 15.8. The third-order valence-electron chi connectivity index (χ3n) is 4.56. The van der Waals surface area contributed by atoms with Crippen LogP contribution in [0.1, 0.15) is 37.1 Å². The van der Waals surface area contributed by atoms with E-state index in [9.17, 15) is 0 Å². The van der Waals surface area contributed by atoms with Crippen molar-refractivity contribution < 1.29 is 0 Å². The Hall–Kier alpha value is -1.68. The van der Waals surface area contributed by atoms with E-state index in [4.69, 9.17) is 17.8 Å². The number of aryl methyl sites for hydroxylation is 1. The Kier molecular flexibility index (Phi) is 3.96. The minimum absolute atomic E-state index is 0.561. The van der Waals surface area contributed by atoms with Crippen molar-refractivity contribution in [3.05, 3.63) is 45.7 Å². The summed E-state index contributed by atoms with van der Waals surface area (Å²) in [7, 11) is 6.04. The summed E-state index contributed by atoms with van der Waals surface area (Å²) < 4.78 is 1.22. The van der Waals surface area contributed by atoms with Crippen LogP contribution in [0.5, 0.6) is 0 Å². The molecule has 3 aromatic rings. The predicted octanol–water partition coefficient (Wildman–Crippen LogP) is 4.46. The Morgan fingerprint density at radius 2 is 2.00 bits per heavy atom. The minimum atomic E-state index is 0.561. The molecule has 1 aromatic heterocycles. The summed E-state index contributed by atoms with van der Waals surface area (Å²) in [5.74, 6) is 0.561. The van der Waals surface area contributed by atoms with E-state index in [1.54, 1.807) is 0 Å². The monoisotopic (exact) mass is 376 g/mol. The van der Waals surface area contributed by atoms with Crippen molar-refractivity contribution in [2.24, 2.45) is 5.92 Å². The van der Waals surface area contributed by atoms with Crippen LogP contribution in [0.4, 0.5) is 0 Å². The number of rotatable bonds is 2. The van der Waals surface area contributed by atoms with Gasteiger partial charge in [0.05, 0.1) is 16.7 Å². The third kappa shape index (κ3) is 2.67. The Labute approximate surface area is 151 Å². The molecule has 2 radical (unpaired) electrons. The van der Waals surface area contributed by atoms with Crippen LogP contribution in [0, 0.1) is 5.92 Å². The fourth-order valence-corrected chi connectivity index (χ4v) is 3.96. The Morgan fingerprint density at radius 3 is 2.79 bits per heavy atom. The summed E-state index contributed by atoms with van der Waals surface area (Å²) in [6.07, 6.45) is 7.11. The van der Waals surface area contributed by atoms with Gasteiger partial charge in [-0.25, -0.2) is 4.98 Å². The topological polar surface area (TPSA) is 25.8 Å². The number of aromatic nitrogens is 2. The van der Waals surface area contributed by atoms with Crippen molar-refractivity contribution in [2.45, 2.75) is 33.1 Å². The lowest BCUT2D eigenvalue weighted by Gasteiger charge is -2.19. The molecule has 2 nitrogen and oxygen atoms in total. The van der Waals surface area contributed by atoms with Crippen LogP contribution < -0.4 is 5.46 Å². The second kappa shape index (κ2) is 6.00. The number of allylic oxidation sites excluding steroid dienone is 1. The first-order valence-electron chi connectivity index (χ1n) is 8.38. The summed E-state index contributed by atoms with van der Waals surface area (Å²) in [6, 6.07) is 6.13. The van der Waals surface area contributed by atoms with E-state index in [2.05, 4.69) is 41.9 Å². The molecule has 1 aliphatic rings. The lowest BCUT2D eigenvalue weighted by atomic mass is 9.86. The zero-order valence-corrected chi connectivity index (χ0v) is 15.5. The van der Waals surface area contributed by atoms with Crippen molar-refractivity contribution in [1.29, 1.82) is 0 Å². The maximum atomic E-state index is 6.04. The van der Waals surface area contributed by atoms with E-state index < -0.39 is 0 Å². The summed E-state index contributed by atoms with van der Waals surface area (Å²) in [5, 5.41) is 2.35. The molecule has 0 fully saturated rings. The molecule has 0 N–H and O–H groups in total. The number of hydrogen-bond acceptors (Lipinski definition) is 2. The SMILES string of the molecule is [B]c1ccc2c3c(c4nc(CC(C)C)cnc4c2c1)C=C(Br)CC3. The zero-order valence-electron chi connectivity index (χ0n) is 13.9. The van der Waals surface area contributed by atoms with Crippen LogP contribution in [0.15, 0.2) is 28.9 Å². The molecule has 0 unspecified atom stereocenters. The van der Waals surface area contributed by atoms with Gasteiger partial charge in [0.2, 0.25) is 0 Å². The molecular formula is C20H18BBrN2. The molecule has 1 aliphatic carbocycles. The van der Waals surface area contributed by atoms with Crippen LogP contribution in [0.25, 0.3) is 27.9 Å². The molecule has 0 aliphatic heterocycles. The number of halogens is 1. The fraction of sp³-hybridized carbons (Fsp3) is 0.300. The van der Waals surface area contributed by atoms with Gasteiger partial charge in [0.25, 0.3) is 0 Å². The minimum Gasteiger partial charge on any atom is -0.252 e. The predicted molar refractivity (Wildman–Crippen MR) is 106 cm³/mol. The maximum Gasteiger partial charge on any atom is 0.113 e. The first-order valence-corrected chi connectivity index (χ1v) is 9.18. The quantitative estimate of drug-likeness (QED) is 0.487. The van der Waals surface area contributed by atoms with Gasteiger partial charge in [0.15, 0.2) is 0 Å². The van der Waals surface area contributed by atoms with Gasteiger partial charge in [-0.05, 0) is 46.7 Å². The van der Waals surface area contributed by atoms with Gasteiger partial charge >= 0.3 is 0 Å². The van der Waals surface area contributed by atoms with Crippen molar-refractivity contribution in [3.8, 4) is 0 Å². The summed E-state index contributed by atoms with van der Waals surface area (Å²) in [5.41, 5.74) is 6.33. The molecule has 0 saturated carbocycles. The highest BCUT2D eigenvalue weighted by atomic mass is 79.9. The van der Waals surface area contributed by atoms with Gasteiger partial charge < -0.3 is 0 Å². The van der Waals surface area contributed by atoms with Gasteiger partial charge in [-0.3, -0.25) is 4.98 Å². The number of nitrogens with zero attached hydrogens (tertiary/aromatic N) is 2. The Bertz CT molecular complexity index is 992. The smallest absolute Gasteiger partial charge is 0.113 e. The van der Waals surface area contributed by atoms with Gasteiger partial charge in [0, 0.05) is 17.1 Å². The molecular weight excluding hydrogens is 359 g/mol. The molecule has 0 amide bonds. The van der Waals surface area contributed by atoms with Crippen LogP contribution in [-0.4, -0.2) is 17.8 Å². The molecule has 118 valence electrons. The molecule has 2 aromatic carbocycles. The highest BCUT2D eigenvalue weighted by Gasteiger charge is 2.19. The van der Waals surface area contributed by atoms with Crippen molar-refractivity contribution >= 4 is 57.1 Å². The average molecular weight is 377 g/mol. The van der Waals surface area contributed by atoms with Crippen LogP contribution in [0.2, 0.25) is 0 Å². The third-order valence-corrected chi connectivity index (χ3v) is 5.18. The van der Waals surface area contributed by atoms with Crippen molar-refractivity contribution in [1.82, 2.24) is 9.97 Å². The zero-order chi connectivity index (χ0) is 16.8. The highest BCUT2D eigenvalue weighted by Crippen LogP contribution is 2.37. The summed E-state index contributed by atoms with van der Waals surface area (Å²) in [4.78, 5) is 9.75. The lowest BCUT2D eigenvalue weighted by molar-refractivity contribution is 0.635. The molecule has 4 heteroatoms. The summed E-state index contributed by atoms with van der Waals surface area (Å²) in [6.45, 7) is 4.41. The van der Waals surface area contributed by atoms with E-state index in [0.29, 0.717) is 5.92 Å². The van der Waals surface area contributed by atoms with E-state index in [0.717, 1.165) is 46.8 Å². The van der Waals surface area contributed by atoms with Crippen molar-refractivity contribution in [3.63, 3.8) is 0 Å².